The third kappa shape index (κ3) is 6.91. The number of ether oxygens (including phenoxy) is 2. The standard InChI is InChI=1S/C30H38N4O6/c1-30(2,3)40-29(38)34-17-9-15-25(34)27(36)33-24(26(31)35)14-8-16-32-28(37)39-18-23-21-12-6-4-10-19(21)20-11-5-7-13-22(20)23/h4-7,10-13,23-25H,8-9,14-18H2,1-3H3,(H2,31,35)(H,32,37)(H,33,36)/t24-,25-/m0/s1. The van der Waals surface area contributed by atoms with E-state index >= 15 is 0 Å². The average molecular weight is 551 g/mol. The summed E-state index contributed by atoms with van der Waals surface area (Å²) in [5.41, 5.74) is 9.40. The minimum atomic E-state index is -0.933. The van der Waals surface area contributed by atoms with Crippen LogP contribution in [0.5, 0.6) is 0 Å². The summed E-state index contributed by atoms with van der Waals surface area (Å²) < 4.78 is 10.9. The zero-order valence-corrected chi connectivity index (χ0v) is 23.3. The Morgan fingerprint density at radius 2 is 1.65 bits per heavy atom. The maximum atomic E-state index is 12.9. The first kappa shape index (κ1) is 28.9. The van der Waals surface area contributed by atoms with Crippen molar-refractivity contribution in [3.63, 3.8) is 0 Å². The molecule has 0 spiro atoms. The third-order valence-corrected chi connectivity index (χ3v) is 7.13. The van der Waals surface area contributed by atoms with Gasteiger partial charge in [0.2, 0.25) is 11.8 Å². The quantitative estimate of drug-likeness (QED) is 0.407. The van der Waals surface area contributed by atoms with E-state index in [0.29, 0.717) is 25.8 Å². The molecule has 2 atom stereocenters. The molecule has 10 heteroatoms. The molecule has 2 aliphatic rings. The number of nitrogens with one attached hydrogen (secondary N) is 2. The van der Waals surface area contributed by atoms with E-state index in [1.54, 1.807) is 20.8 Å². The van der Waals surface area contributed by atoms with Gasteiger partial charge < -0.3 is 25.8 Å². The van der Waals surface area contributed by atoms with E-state index in [2.05, 4.69) is 34.9 Å². The molecule has 0 saturated carbocycles. The normalized spacial score (nSPS) is 17.0. The number of nitrogens with zero attached hydrogens (tertiary/aromatic N) is 1. The number of rotatable bonds is 9. The second-order valence-electron chi connectivity index (χ2n) is 11.2. The Morgan fingerprint density at radius 3 is 2.25 bits per heavy atom. The van der Waals surface area contributed by atoms with Crippen LogP contribution in [-0.4, -0.2) is 66.3 Å². The van der Waals surface area contributed by atoms with Crippen molar-refractivity contribution in [2.45, 2.75) is 70.1 Å². The lowest BCUT2D eigenvalue weighted by Gasteiger charge is -2.28. The number of fused-ring (bicyclic) bond motifs is 3. The number of primary amides is 1. The number of nitrogens with two attached hydrogens (primary N) is 1. The van der Waals surface area contributed by atoms with Crippen molar-refractivity contribution < 1.29 is 28.7 Å². The van der Waals surface area contributed by atoms with Gasteiger partial charge in [0, 0.05) is 19.0 Å². The highest BCUT2D eigenvalue weighted by atomic mass is 16.6. The Bertz CT molecular complexity index is 1210. The van der Waals surface area contributed by atoms with E-state index in [4.69, 9.17) is 15.2 Å². The second kappa shape index (κ2) is 12.4. The van der Waals surface area contributed by atoms with Gasteiger partial charge in [-0.25, -0.2) is 9.59 Å². The van der Waals surface area contributed by atoms with Gasteiger partial charge in [-0.3, -0.25) is 14.5 Å². The van der Waals surface area contributed by atoms with E-state index < -0.39 is 41.7 Å². The molecule has 4 amide bonds. The van der Waals surface area contributed by atoms with Crippen molar-refractivity contribution in [2.75, 3.05) is 19.7 Å². The fraction of sp³-hybridized carbons (Fsp3) is 0.467. The van der Waals surface area contributed by atoms with Gasteiger partial charge in [-0.1, -0.05) is 48.5 Å². The summed E-state index contributed by atoms with van der Waals surface area (Å²) in [6.07, 6.45) is 0.624. The lowest BCUT2D eigenvalue weighted by atomic mass is 9.98. The first-order valence-electron chi connectivity index (χ1n) is 13.7. The molecule has 2 aromatic rings. The predicted octanol–water partition coefficient (Wildman–Crippen LogP) is 3.67. The van der Waals surface area contributed by atoms with Crippen molar-refractivity contribution in [2.24, 2.45) is 5.73 Å². The van der Waals surface area contributed by atoms with Crippen LogP contribution < -0.4 is 16.4 Å². The van der Waals surface area contributed by atoms with Crippen LogP contribution >= 0.6 is 0 Å². The monoisotopic (exact) mass is 550 g/mol. The molecule has 1 aliphatic carbocycles. The zero-order valence-electron chi connectivity index (χ0n) is 23.3. The molecule has 1 fully saturated rings. The van der Waals surface area contributed by atoms with Gasteiger partial charge in [-0.2, -0.15) is 0 Å². The molecule has 0 unspecified atom stereocenters. The van der Waals surface area contributed by atoms with Crippen molar-refractivity contribution >= 4 is 24.0 Å². The molecular formula is C30H38N4O6. The van der Waals surface area contributed by atoms with Crippen LogP contribution in [0.4, 0.5) is 9.59 Å². The van der Waals surface area contributed by atoms with E-state index in [0.717, 1.165) is 22.3 Å². The van der Waals surface area contributed by atoms with E-state index in [9.17, 15) is 19.2 Å². The molecule has 1 aliphatic heterocycles. The summed E-state index contributed by atoms with van der Waals surface area (Å²) in [7, 11) is 0. The van der Waals surface area contributed by atoms with Crippen LogP contribution in [0.2, 0.25) is 0 Å². The van der Waals surface area contributed by atoms with Crippen molar-refractivity contribution in [3.8, 4) is 11.1 Å². The van der Waals surface area contributed by atoms with Crippen LogP contribution in [0.1, 0.15) is 63.5 Å². The average Bonchev–Trinajstić information content (AvgIpc) is 3.52. The van der Waals surface area contributed by atoms with Gasteiger partial charge in [0.25, 0.3) is 0 Å². The largest absolute Gasteiger partial charge is 0.449 e. The molecule has 0 radical (unpaired) electrons. The fourth-order valence-electron chi connectivity index (χ4n) is 5.28. The summed E-state index contributed by atoms with van der Waals surface area (Å²) in [4.78, 5) is 51.2. The van der Waals surface area contributed by atoms with Crippen molar-refractivity contribution in [1.29, 1.82) is 0 Å². The molecule has 1 heterocycles. The lowest BCUT2D eigenvalue weighted by molar-refractivity contribution is -0.130. The molecule has 10 nitrogen and oxygen atoms in total. The highest BCUT2D eigenvalue weighted by molar-refractivity contribution is 5.91. The number of alkyl carbamates (subject to hydrolysis) is 1. The number of carbonyl (C=O) groups excluding carboxylic acids is 4. The number of carbonyl (C=O) groups is 4. The summed E-state index contributed by atoms with van der Waals surface area (Å²) in [5, 5.41) is 5.37. The van der Waals surface area contributed by atoms with Crippen LogP contribution in [0.15, 0.2) is 48.5 Å². The van der Waals surface area contributed by atoms with Gasteiger partial charge in [-0.15, -0.1) is 0 Å². The van der Waals surface area contributed by atoms with E-state index in [-0.39, 0.29) is 25.5 Å². The molecular weight excluding hydrogens is 512 g/mol. The Balaban J connectivity index is 1.22. The first-order valence-corrected chi connectivity index (χ1v) is 13.7. The van der Waals surface area contributed by atoms with Crippen molar-refractivity contribution in [1.82, 2.24) is 15.5 Å². The van der Waals surface area contributed by atoms with Gasteiger partial charge in [0.05, 0.1) is 0 Å². The summed E-state index contributed by atoms with van der Waals surface area (Å²) >= 11 is 0. The van der Waals surface area contributed by atoms with E-state index in [1.165, 1.54) is 4.90 Å². The molecule has 214 valence electrons. The molecule has 40 heavy (non-hydrogen) atoms. The lowest BCUT2D eigenvalue weighted by Crippen LogP contribution is -2.53. The van der Waals surface area contributed by atoms with Crippen LogP contribution in [0, 0.1) is 0 Å². The minimum Gasteiger partial charge on any atom is -0.449 e. The Kier molecular flexibility index (Phi) is 8.96. The molecule has 2 aromatic carbocycles. The highest BCUT2D eigenvalue weighted by Crippen LogP contribution is 2.44. The number of benzene rings is 2. The molecule has 0 bridgehead atoms. The van der Waals surface area contributed by atoms with Gasteiger partial charge >= 0.3 is 12.2 Å². The Labute approximate surface area is 234 Å². The fourth-order valence-corrected chi connectivity index (χ4v) is 5.28. The molecule has 4 N–H and O–H groups in total. The van der Waals surface area contributed by atoms with Gasteiger partial charge in [0.15, 0.2) is 0 Å². The van der Waals surface area contributed by atoms with E-state index in [1.807, 2.05) is 24.3 Å². The second-order valence-corrected chi connectivity index (χ2v) is 11.2. The molecule has 1 saturated heterocycles. The maximum Gasteiger partial charge on any atom is 0.410 e. The SMILES string of the molecule is CC(C)(C)OC(=O)N1CCC[C@H]1C(=O)N[C@@H](CCCNC(=O)OCC1c2ccccc2-c2ccccc21)C(N)=O. The minimum absolute atomic E-state index is 0.0385. The van der Waals surface area contributed by atoms with Crippen LogP contribution in [-0.2, 0) is 19.1 Å². The predicted molar refractivity (Wildman–Crippen MR) is 149 cm³/mol. The van der Waals surface area contributed by atoms with Crippen LogP contribution in [0.25, 0.3) is 11.1 Å². The third-order valence-electron chi connectivity index (χ3n) is 7.13. The first-order chi connectivity index (χ1) is 19.0. The topological polar surface area (TPSA) is 140 Å². The van der Waals surface area contributed by atoms with Crippen molar-refractivity contribution in [3.05, 3.63) is 59.7 Å². The Hall–Kier alpha value is -4.08. The summed E-state index contributed by atoms with van der Waals surface area (Å²) in [5.74, 6) is -1.17. The summed E-state index contributed by atoms with van der Waals surface area (Å²) in [6.45, 7) is 6.12. The number of hydrogen-bond acceptors (Lipinski definition) is 6. The smallest absolute Gasteiger partial charge is 0.410 e. The summed E-state index contributed by atoms with van der Waals surface area (Å²) in [6, 6.07) is 14.6. The Morgan fingerprint density at radius 1 is 1.02 bits per heavy atom. The highest BCUT2D eigenvalue weighted by Gasteiger charge is 2.37. The number of amides is 4. The maximum absolute atomic E-state index is 12.9. The number of likely N-dealkylation sites (tertiary alicyclic amines) is 1. The zero-order chi connectivity index (χ0) is 28.9. The van der Waals surface area contributed by atoms with Crippen LogP contribution in [0.3, 0.4) is 0 Å². The molecule has 0 aromatic heterocycles. The van der Waals surface area contributed by atoms with Gasteiger partial charge in [-0.05, 0) is 68.7 Å². The number of hydrogen-bond donors (Lipinski definition) is 3. The van der Waals surface area contributed by atoms with Gasteiger partial charge in [0.1, 0.15) is 24.3 Å². The molecule has 4 rings (SSSR count).